The van der Waals surface area contributed by atoms with Crippen molar-refractivity contribution in [3.05, 3.63) is 56.7 Å². The van der Waals surface area contributed by atoms with Gasteiger partial charge < -0.3 is 10.1 Å². The molecule has 5 heteroatoms. The predicted octanol–water partition coefficient (Wildman–Crippen LogP) is 5.53. The Hall–Kier alpha value is -1.07. The fourth-order valence-corrected chi connectivity index (χ4v) is 2.75. The number of methoxy groups -OCH3 is 1. The number of ether oxygens (including phenoxy) is 1. The monoisotopic (exact) mass is 401 g/mol. The average molecular weight is 403 g/mol. The van der Waals surface area contributed by atoms with Gasteiger partial charge in [-0.05, 0) is 52.7 Å². The lowest BCUT2D eigenvalue weighted by Gasteiger charge is -2.17. The van der Waals surface area contributed by atoms with E-state index >= 15 is 0 Å². The first-order valence-electron chi connectivity index (χ1n) is 6.05. The number of hydrogen-bond acceptors (Lipinski definition) is 2. The maximum absolute atomic E-state index is 13.3. The van der Waals surface area contributed by atoms with Crippen molar-refractivity contribution in [3.8, 4) is 5.75 Å². The van der Waals surface area contributed by atoms with E-state index in [2.05, 4.69) is 37.2 Å². The summed E-state index contributed by atoms with van der Waals surface area (Å²) in [6.45, 7) is 2.02. The van der Waals surface area contributed by atoms with Gasteiger partial charge in [0, 0.05) is 22.3 Å². The summed E-state index contributed by atoms with van der Waals surface area (Å²) in [5.74, 6) is 0.513. The molecule has 2 nitrogen and oxygen atoms in total. The van der Waals surface area contributed by atoms with Crippen LogP contribution in [-0.4, -0.2) is 7.11 Å². The summed E-state index contributed by atoms with van der Waals surface area (Å²) in [5.41, 5.74) is 1.93. The molecule has 106 valence electrons. The zero-order valence-electron chi connectivity index (χ0n) is 11.1. The summed E-state index contributed by atoms with van der Waals surface area (Å²) < 4.78 is 19.9. The molecule has 0 heterocycles. The van der Waals surface area contributed by atoms with Crippen LogP contribution in [0.2, 0.25) is 0 Å². The Morgan fingerprint density at radius 1 is 1.15 bits per heavy atom. The smallest absolute Gasteiger partial charge is 0.137 e. The van der Waals surface area contributed by atoms with Gasteiger partial charge in [0.2, 0.25) is 0 Å². The molecule has 0 aromatic heterocycles. The summed E-state index contributed by atoms with van der Waals surface area (Å²) in [4.78, 5) is 0. The maximum Gasteiger partial charge on any atom is 0.137 e. The third-order valence-electron chi connectivity index (χ3n) is 2.93. The number of rotatable bonds is 4. The van der Waals surface area contributed by atoms with Gasteiger partial charge in [-0.3, -0.25) is 0 Å². The van der Waals surface area contributed by atoms with Gasteiger partial charge in [0.15, 0.2) is 0 Å². The van der Waals surface area contributed by atoms with Crippen molar-refractivity contribution in [2.75, 3.05) is 12.4 Å². The molecular weight excluding hydrogens is 389 g/mol. The van der Waals surface area contributed by atoms with Gasteiger partial charge >= 0.3 is 0 Å². The summed E-state index contributed by atoms with van der Waals surface area (Å²) in [5, 5.41) is 3.37. The first-order chi connectivity index (χ1) is 9.49. The van der Waals surface area contributed by atoms with Crippen molar-refractivity contribution in [2.24, 2.45) is 0 Å². The Morgan fingerprint density at radius 3 is 2.55 bits per heavy atom. The zero-order valence-corrected chi connectivity index (χ0v) is 14.3. The summed E-state index contributed by atoms with van der Waals surface area (Å²) in [6.07, 6.45) is 0. The fourth-order valence-electron chi connectivity index (χ4n) is 1.88. The SMILES string of the molecule is COc1cc(Br)cc(NC(C)c2ccc(F)c(Br)c2)c1. The van der Waals surface area contributed by atoms with Gasteiger partial charge in [-0.15, -0.1) is 0 Å². The van der Waals surface area contributed by atoms with Crippen LogP contribution in [0.15, 0.2) is 45.3 Å². The van der Waals surface area contributed by atoms with Gasteiger partial charge in [-0.1, -0.05) is 22.0 Å². The molecule has 0 spiro atoms. The van der Waals surface area contributed by atoms with E-state index in [1.54, 1.807) is 19.2 Å². The number of nitrogens with one attached hydrogen (secondary N) is 1. The highest BCUT2D eigenvalue weighted by Gasteiger charge is 2.09. The highest BCUT2D eigenvalue weighted by Crippen LogP contribution is 2.28. The highest BCUT2D eigenvalue weighted by molar-refractivity contribution is 9.10. The lowest BCUT2D eigenvalue weighted by atomic mass is 10.1. The molecule has 0 fully saturated rings. The van der Waals surface area contributed by atoms with E-state index in [-0.39, 0.29) is 11.9 Å². The largest absolute Gasteiger partial charge is 0.497 e. The Kier molecular flexibility index (Phi) is 5.05. The van der Waals surface area contributed by atoms with E-state index in [9.17, 15) is 4.39 Å². The van der Waals surface area contributed by atoms with Crippen LogP contribution in [0.5, 0.6) is 5.75 Å². The van der Waals surface area contributed by atoms with Crippen LogP contribution in [0.3, 0.4) is 0 Å². The van der Waals surface area contributed by atoms with Crippen LogP contribution < -0.4 is 10.1 Å². The first-order valence-corrected chi connectivity index (χ1v) is 7.64. The lowest BCUT2D eigenvalue weighted by Crippen LogP contribution is -2.07. The van der Waals surface area contributed by atoms with Crippen molar-refractivity contribution in [2.45, 2.75) is 13.0 Å². The molecule has 1 unspecified atom stereocenters. The van der Waals surface area contributed by atoms with Gasteiger partial charge in [-0.25, -0.2) is 4.39 Å². The molecule has 2 aromatic carbocycles. The van der Waals surface area contributed by atoms with Crippen molar-refractivity contribution in [1.82, 2.24) is 0 Å². The molecule has 0 aliphatic rings. The standard InChI is InChI=1S/C15H14Br2FNO/c1-9(10-3-4-15(18)14(17)5-10)19-12-6-11(16)7-13(8-12)20-2/h3-9,19H,1-2H3. The van der Waals surface area contributed by atoms with Gasteiger partial charge in [0.05, 0.1) is 11.6 Å². The van der Waals surface area contributed by atoms with Gasteiger partial charge in [0.25, 0.3) is 0 Å². The molecule has 0 bridgehead atoms. The quantitative estimate of drug-likeness (QED) is 0.725. The Bertz CT molecular complexity index is 619. The van der Waals surface area contributed by atoms with Crippen molar-refractivity contribution < 1.29 is 9.13 Å². The molecule has 2 rings (SSSR count). The number of anilines is 1. The van der Waals surface area contributed by atoms with Crippen molar-refractivity contribution >= 4 is 37.5 Å². The molecule has 0 saturated carbocycles. The van der Waals surface area contributed by atoms with Gasteiger partial charge in [-0.2, -0.15) is 0 Å². The molecule has 20 heavy (non-hydrogen) atoms. The normalized spacial score (nSPS) is 12.1. The highest BCUT2D eigenvalue weighted by atomic mass is 79.9. The third-order valence-corrected chi connectivity index (χ3v) is 4.00. The topological polar surface area (TPSA) is 21.3 Å². The van der Waals surface area contributed by atoms with Gasteiger partial charge in [0.1, 0.15) is 11.6 Å². The van der Waals surface area contributed by atoms with E-state index < -0.39 is 0 Å². The molecule has 0 amide bonds. The second kappa shape index (κ2) is 6.59. The second-order valence-electron chi connectivity index (χ2n) is 4.42. The van der Waals surface area contributed by atoms with Crippen LogP contribution >= 0.6 is 31.9 Å². The number of hydrogen-bond donors (Lipinski definition) is 1. The van der Waals surface area contributed by atoms with E-state index in [1.165, 1.54) is 6.07 Å². The molecule has 0 aliphatic carbocycles. The molecule has 2 aromatic rings. The van der Waals surface area contributed by atoms with E-state index in [0.29, 0.717) is 4.47 Å². The second-order valence-corrected chi connectivity index (χ2v) is 6.19. The van der Waals surface area contributed by atoms with Crippen LogP contribution in [0.4, 0.5) is 10.1 Å². The van der Waals surface area contributed by atoms with Crippen LogP contribution in [-0.2, 0) is 0 Å². The summed E-state index contributed by atoms with van der Waals surface area (Å²) in [7, 11) is 1.63. The van der Waals surface area contributed by atoms with E-state index in [4.69, 9.17) is 4.74 Å². The maximum atomic E-state index is 13.3. The Labute approximate surface area is 134 Å². The van der Waals surface area contributed by atoms with Crippen molar-refractivity contribution in [1.29, 1.82) is 0 Å². The van der Waals surface area contributed by atoms with Crippen LogP contribution in [0, 0.1) is 5.82 Å². The zero-order chi connectivity index (χ0) is 14.7. The molecule has 1 N–H and O–H groups in total. The summed E-state index contributed by atoms with van der Waals surface area (Å²) in [6, 6.07) is 10.8. The minimum atomic E-state index is -0.259. The Balaban J connectivity index is 2.20. The third kappa shape index (κ3) is 3.73. The molecule has 0 saturated heterocycles. The molecule has 0 aliphatic heterocycles. The number of halogens is 3. The van der Waals surface area contributed by atoms with Crippen LogP contribution in [0.25, 0.3) is 0 Å². The minimum absolute atomic E-state index is 0.0471. The predicted molar refractivity (Wildman–Crippen MR) is 86.8 cm³/mol. The minimum Gasteiger partial charge on any atom is -0.497 e. The van der Waals surface area contributed by atoms with E-state index in [1.807, 2.05) is 25.1 Å². The summed E-state index contributed by atoms with van der Waals surface area (Å²) >= 11 is 6.65. The molecule has 0 radical (unpaired) electrons. The molecular formula is C15H14Br2FNO. The van der Waals surface area contributed by atoms with E-state index in [0.717, 1.165) is 21.5 Å². The van der Waals surface area contributed by atoms with Crippen LogP contribution in [0.1, 0.15) is 18.5 Å². The first kappa shape index (κ1) is 15.3. The lowest BCUT2D eigenvalue weighted by molar-refractivity contribution is 0.414. The number of benzene rings is 2. The average Bonchev–Trinajstić information content (AvgIpc) is 2.41. The Morgan fingerprint density at radius 2 is 1.90 bits per heavy atom. The van der Waals surface area contributed by atoms with Crippen molar-refractivity contribution in [3.63, 3.8) is 0 Å². The fraction of sp³-hybridized carbons (Fsp3) is 0.200. The molecule has 1 atom stereocenters.